The number of nitro benzene ring substituents is 1. The van der Waals surface area contributed by atoms with Crippen molar-refractivity contribution in [2.24, 2.45) is 5.10 Å². The quantitative estimate of drug-likeness (QED) is 0.187. The van der Waals surface area contributed by atoms with Crippen molar-refractivity contribution in [3.8, 4) is 5.75 Å². The predicted molar refractivity (Wildman–Crippen MR) is 124 cm³/mol. The molecule has 164 valence electrons. The molecule has 3 aromatic carbocycles. The van der Waals surface area contributed by atoms with E-state index in [-0.39, 0.29) is 21.9 Å². The number of nitro groups is 1. The predicted octanol–water partition coefficient (Wildman–Crippen LogP) is 4.65. The fraction of sp³-hybridized carbons (Fsp3) is 0. The minimum Gasteiger partial charge on any atom is -0.378 e. The molecule has 9 nitrogen and oxygen atoms in total. The first-order valence-corrected chi connectivity index (χ1v) is 11.7. The second-order valence-corrected chi connectivity index (χ2v) is 9.47. The lowest BCUT2D eigenvalue weighted by molar-refractivity contribution is -0.385. The summed E-state index contributed by atoms with van der Waals surface area (Å²) in [7, 11) is -4.37. The van der Waals surface area contributed by atoms with Crippen LogP contribution in [-0.4, -0.2) is 25.5 Å². The number of nitrogens with one attached hydrogen (secondary N) is 1. The maximum Gasteiger partial charge on any atom is 0.339 e. The van der Waals surface area contributed by atoms with E-state index in [1.165, 1.54) is 36.5 Å². The monoisotopic (exact) mass is 581 g/mol. The van der Waals surface area contributed by atoms with Crippen LogP contribution >= 0.6 is 31.9 Å². The largest absolute Gasteiger partial charge is 0.378 e. The van der Waals surface area contributed by atoms with Gasteiger partial charge in [-0.05, 0) is 52.3 Å². The van der Waals surface area contributed by atoms with Gasteiger partial charge in [-0.25, -0.2) is 5.43 Å². The van der Waals surface area contributed by atoms with Crippen LogP contribution < -0.4 is 9.61 Å². The summed E-state index contributed by atoms with van der Waals surface area (Å²) in [5.41, 5.74) is 2.57. The van der Waals surface area contributed by atoms with Gasteiger partial charge in [-0.3, -0.25) is 14.9 Å². The van der Waals surface area contributed by atoms with Gasteiger partial charge in [0, 0.05) is 26.6 Å². The molecule has 0 aliphatic rings. The number of hydrogen-bond acceptors (Lipinski definition) is 7. The van der Waals surface area contributed by atoms with E-state index in [0.29, 0.717) is 14.5 Å². The van der Waals surface area contributed by atoms with Crippen molar-refractivity contribution in [2.45, 2.75) is 4.90 Å². The van der Waals surface area contributed by atoms with E-state index in [9.17, 15) is 23.3 Å². The Balaban J connectivity index is 1.84. The number of carbonyl (C=O) groups excluding carboxylic acids is 1. The lowest BCUT2D eigenvalue weighted by atomic mass is 10.2. The highest BCUT2D eigenvalue weighted by molar-refractivity contribution is 9.10. The fourth-order valence-electron chi connectivity index (χ4n) is 2.48. The van der Waals surface area contributed by atoms with Crippen molar-refractivity contribution >= 4 is 59.8 Å². The Hall–Kier alpha value is -3.09. The zero-order valence-electron chi connectivity index (χ0n) is 15.9. The molecule has 0 fully saturated rings. The number of amides is 1. The summed E-state index contributed by atoms with van der Waals surface area (Å²) in [5, 5.41) is 14.8. The molecule has 0 unspecified atom stereocenters. The third kappa shape index (κ3) is 5.78. The molecule has 0 bridgehead atoms. The molecule has 0 radical (unpaired) electrons. The Morgan fingerprint density at radius 2 is 1.81 bits per heavy atom. The van der Waals surface area contributed by atoms with Gasteiger partial charge in [-0.1, -0.05) is 34.1 Å². The first-order chi connectivity index (χ1) is 15.2. The zero-order valence-corrected chi connectivity index (χ0v) is 19.9. The molecule has 0 spiro atoms. The van der Waals surface area contributed by atoms with Crippen molar-refractivity contribution in [1.82, 2.24) is 5.43 Å². The van der Waals surface area contributed by atoms with Gasteiger partial charge in [0.15, 0.2) is 5.75 Å². The lowest BCUT2D eigenvalue weighted by Crippen LogP contribution is -2.18. The molecule has 0 aliphatic heterocycles. The molecule has 0 heterocycles. The van der Waals surface area contributed by atoms with Gasteiger partial charge in [0.05, 0.1) is 16.7 Å². The van der Waals surface area contributed by atoms with Crippen molar-refractivity contribution in [1.29, 1.82) is 0 Å². The average molecular weight is 583 g/mol. The summed E-state index contributed by atoms with van der Waals surface area (Å²) >= 11 is 6.55. The highest BCUT2D eigenvalue weighted by Crippen LogP contribution is 2.26. The van der Waals surface area contributed by atoms with Gasteiger partial charge in [0.2, 0.25) is 0 Å². The second-order valence-electron chi connectivity index (χ2n) is 6.15. The molecule has 32 heavy (non-hydrogen) atoms. The topological polar surface area (TPSA) is 128 Å². The van der Waals surface area contributed by atoms with Crippen LogP contribution in [0.5, 0.6) is 5.75 Å². The third-order valence-corrected chi connectivity index (χ3v) is 6.39. The third-order valence-electron chi connectivity index (χ3n) is 3.98. The van der Waals surface area contributed by atoms with Crippen LogP contribution in [0, 0.1) is 10.1 Å². The Morgan fingerprint density at radius 1 is 1.06 bits per heavy atom. The van der Waals surface area contributed by atoms with E-state index in [1.807, 2.05) is 0 Å². The molecule has 0 saturated carbocycles. The van der Waals surface area contributed by atoms with Crippen LogP contribution in [0.1, 0.15) is 15.9 Å². The van der Waals surface area contributed by atoms with Crippen LogP contribution in [0.25, 0.3) is 0 Å². The number of carbonyl (C=O) groups is 1. The Labute approximate surface area is 199 Å². The van der Waals surface area contributed by atoms with E-state index in [4.69, 9.17) is 4.18 Å². The fourth-order valence-corrected chi connectivity index (χ4v) is 4.32. The number of nitrogens with zero attached hydrogens (tertiary/aromatic N) is 2. The summed E-state index contributed by atoms with van der Waals surface area (Å²) < 4.78 is 31.7. The molecule has 12 heteroatoms. The van der Waals surface area contributed by atoms with Gasteiger partial charge < -0.3 is 4.18 Å². The Kier molecular flexibility index (Phi) is 7.38. The maximum atomic E-state index is 12.6. The Bertz CT molecular complexity index is 1330. The van der Waals surface area contributed by atoms with Crippen LogP contribution in [0.4, 0.5) is 5.69 Å². The molecule has 3 rings (SSSR count). The SMILES string of the molecule is O=C(N/N=C\c1cc(Br)ccc1OS(=O)(=O)c1cccc([N+](=O)[O-])c1)c1ccccc1Br. The minimum atomic E-state index is -4.37. The van der Waals surface area contributed by atoms with Crippen LogP contribution in [0.15, 0.2) is 85.7 Å². The first kappa shape index (κ1) is 23.6. The smallest absolute Gasteiger partial charge is 0.339 e. The summed E-state index contributed by atoms with van der Waals surface area (Å²) in [6.45, 7) is 0. The summed E-state index contributed by atoms with van der Waals surface area (Å²) in [6.07, 6.45) is 1.22. The molecule has 1 N–H and O–H groups in total. The molecular weight excluding hydrogens is 570 g/mol. The van der Waals surface area contributed by atoms with Crippen LogP contribution in [0.3, 0.4) is 0 Å². The van der Waals surface area contributed by atoms with Gasteiger partial charge in [-0.15, -0.1) is 0 Å². The zero-order chi connectivity index (χ0) is 23.3. The van der Waals surface area contributed by atoms with Crippen LogP contribution in [-0.2, 0) is 10.1 Å². The van der Waals surface area contributed by atoms with Gasteiger partial charge >= 0.3 is 10.1 Å². The number of hydrogen-bond donors (Lipinski definition) is 1. The average Bonchev–Trinajstić information content (AvgIpc) is 2.75. The van der Waals surface area contributed by atoms with Crippen LogP contribution in [0.2, 0.25) is 0 Å². The molecule has 0 aliphatic carbocycles. The standard InChI is InChI=1S/C20H13Br2N3O6S/c21-14-8-9-19(31-32(29,30)16-5-3-4-15(11-16)25(27)28)13(10-14)12-23-24-20(26)17-6-1-2-7-18(17)22/h1-12H,(H,24,26)/b23-12-. The number of non-ortho nitro benzene ring substituents is 1. The van der Waals surface area contributed by atoms with Gasteiger partial charge in [0.25, 0.3) is 11.6 Å². The minimum absolute atomic E-state index is 0.0846. The van der Waals surface area contributed by atoms with Crippen molar-refractivity contribution < 1.29 is 22.3 Å². The summed E-state index contributed by atoms with van der Waals surface area (Å²) in [6, 6.07) is 15.7. The van der Waals surface area contributed by atoms with Crippen molar-refractivity contribution in [3.05, 3.63) is 96.9 Å². The number of hydrazone groups is 1. The van der Waals surface area contributed by atoms with E-state index in [0.717, 1.165) is 6.07 Å². The molecule has 1 amide bonds. The molecule has 0 aromatic heterocycles. The summed E-state index contributed by atoms with van der Waals surface area (Å²) in [5.74, 6) is -0.561. The second kappa shape index (κ2) is 10.0. The molecule has 3 aromatic rings. The molecule has 0 saturated heterocycles. The van der Waals surface area contributed by atoms with Crippen molar-refractivity contribution in [2.75, 3.05) is 0 Å². The van der Waals surface area contributed by atoms with Gasteiger partial charge in [0.1, 0.15) is 4.90 Å². The molecular formula is C20H13Br2N3O6S. The molecule has 0 atom stereocenters. The van der Waals surface area contributed by atoms with E-state index in [2.05, 4.69) is 42.4 Å². The van der Waals surface area contributed by atoms with E-state index >= 15 is 0 Å². The highest BCUT2D eigenvalue weighted by Gasteiger charge is 2.21. The highest BCUT2D eigenvalue weighted by atomic mass is 79.9. The lowest BCUT2D eigenvalue weighted by Gasteiger charge is -2.10. The Morgan fingerprint density at radius 3 is 2.53 bits per heavy atom. The summed E-state index contributed by atoms with van der Waals surface area (Å²) in [4.78, 5) is 22.1. The normalized spacial score (nSPS) is 11.3. The maximum absolute atomic E-state index is 12.6. The number of halogens is 2. The number of benzene rings is 3. The van der Waals surface area contributed by atoms with E-state index < -0.39 is 20.9 Å². The van der Waals surface area contributed by atoms with E-state index in [1.54, 1.807) is 30.3 Å². The number of rotatable bonds is 7. The first-order valence-electron chi connectivity index (χ1n) is 8.74. The van der Waals surface area contributed by atoms with Crippen molar-refractivity contribution in [3.63, 3.8) is 0 Å². The van der Waals surface area contributed by atoms with Gasteiger partial charge in [-0.2, -0.15) is 13.5 Å².